The van der Waals surface area contributed by atoms with Gasteiger partial charge in [-0.3, -0.25) is 4.79 Å². The molecule has 76 valence electrons. The Balaban J connectivity index is 2.19. The zero-order valence-corrected chi connectivity index (χ0v) is 8.71. The van der Waals surface area contributed by atoms with E-state index in [4.69, 9.17) is 4.74 Å². The molecule has 0 N–H and O–H groups in total. The Bertz CT molecular complexity index is 165. The highest BCUT2D eigenvalue weighted by Crippen LogP contribution is 2.34. The quantitative estimate of drug-likeness (QED) is 0.628. The lowest BCUT2D eigenvalue weighted by atomic mass is 10.0. The number of rotatable bonds is 4. The Morgan fingerprint density at radius 1 is 1.31 bits per heavy atom. The minimum absolute atomic E-state index is 0.00995. The maximum Gasteiger partial charge on any atom is 0.306 e. The highest BCUT2D eigenvalue weighted by molar-refractivity contribution is 5.69. The van der Waals surface area contributed by atoms with Gasteiger partial charge in [-0.1, -0.05) is 19.8 Å². The molecule has 2 atom stereocenters. The van der Waals surface area contributed by atoms with Gasteiger partial charge in [-0.25, -0.2) is 0 Å². The molecule has 2 unspecified atom stereocenters. The lowest BCUT2D eigenvalue weighted by molar-refractivity contribution is -0.144. The zero-order chi connectivity index (χ0) is 9.68. The zero-order valence-electron chi connectivity index (χ0n) is 8.71. The number of carbonyl (C=O) groups excluding carboxylic acids is 1. The molecule has 0 aromatic heterocycles. The normalized spacial score (nSPS) is 27.5. The molecule has 1 rings (SSSR count). The van der Waals surface area contributed by atoms with Crippen LogP contribution in [0.25, 0.3) is 0 Å². The van der Waals surface area contributed by atoms with Crippen molar-refractivity contribution in [3.05, 3.63) is 0 Å². The molecule has 0 radical (unpaired) electrons. The van der Waals surface area contributed by atoms with E-state index in [1.165, 1.54) is 25.7 Å². The van der Waals surface area contributed by atoms with E-state index in [1.54, 1.807) is 0 Å². The molecule has 2 heteroatoms. The van der Waals surface area contributed by atoms with Crippen molar-refractivity contribution < 1.29 is 9.53 Å². The van der Waals surface area contributed by atoms with Gasteiger partial charge < -0.3 is 4.74 Å². The molecular formula is C11H20O2. The molecule has 0 bridgehead atoms. The molecule has 13 heavy (non-hydrogen) atoms. The molecule has 0 aromatic carbocycles. The summed E-state index contributed by atoms with van der Waals surface area (Å²) in [6, 6.07) is 0. The average Bonchev–Trinajstić information content (AvgIpc) is 2.52. The second-order valence-corrected chi connectivity index (χ2v) is 3.96. The van der Waals surface area contributed by atoms with E-state index in [2.05, 4.69) is 6.92 Å². The highest BCUT2D eigenvalue weighted by Gasteiger charge is 2.25. The summed E-state index contributed by atoms with van der Waals surface area (Å²) < 4.78 is 4.93. The van der Waals surface area contributed by atoms with Gasteiger partial charge in [0.05, 0.1) is 6.61 Å². The van der Waals surface area contributed by atoms with E-state index in [-0.39, 0.29) is 5.97 Å². The van der Waals surface area contributed by atoms with Crippen LogP contribution < -0.4 is 0 Å². The molecule has 0 heterocycles. The summed E-state index contributed by atoms with van der Waals surface area (Å²) in [5, 5.41) is 0. The number of esters is 1. The van der Waals surface area contributed by atoms with Gasteiger partial charge in [0.15, 0.2) is 0 Å². The molecule has 0 amide bonds. The van der Waals surface area contributed by atoms with E-state index in [0.29, 0.717) is 18.9 Å². The van der Waals surface area contributed by atoms with Crippen molar-refractivity contribution in [1.82, 2.24) is 0 Å². The van der Waals surface area contributed by atoms with Crippen molar-refractivity contribution in [2.75, 3.05) is 6.61 Å². The predicted octanol–water partition coefficient (Wildman–Crippen LogP) is 2.77. The van der Waals surface area contributed by atoms with E-state index in [9.17, 15) is 4.79 Å². The van der Waals surface area contributed by atoms with Gasteiger partial charge in [-0.15, -0.1) is 0 Å². The Kier molecular flexibility index (Phi) is 4.26. The number of ether oxygens (including phenoxy) is 1. The van der Waals surface area contributed by atoms with Crippen molar-refractivity contribution in [2.45, 2.75) is 46.0 Å². The van der Waals surface area contributed by atoms with Crippen LogP contribution in [-0.2, 0) is 9.53 Å². The molecule has 2 nitrogen and oxygen atoms in total. The first-order valence-electron chi connectivity index (χ1n) is 5.41. The summed E-state index contributed by atoms with van der Waals surface area (Å²) in [6.45, 7) is 4.61. The van der Waals surface area contributed by atoms with E-state index in [1.807, 2.05) is 6.92 Å². The van der Waals surface area contributed by atoms with Crippen LogP contribution in [0.3, 0.4) is 0 Å². The highest BCUT2D eigenvalue weighted by atomic mass is 16.5. The van der Waals surface area contributed by atoms with Crippen molar-refractivity contribution >= 4 is 5.97 Å². The first kappa shape index (κ1) is 10.6. The summed E-state index contributed by atoms with van der Waals surface area (Å²) in [5.74, 6) is 1.45. The van der Waals surface area contributed by atoms with Gasteiger partial charge in [-0.05, 0) is 31.6 Å². The van der Waals surface area contributed by atoms with Crippen molar-refractivity contribution in [2.24, 2.45) is 11.8 Å². The van der Waals surface area contributed by atoms with Crippen LogP contribution in [0.15, 0.2) is 0 Å². The van der Waals surface area contributed by atoms with Crippen LogP contribution in [0, 0.1) is 11.8 Å². The molecule has 0 saturated heterocycles. The van der Waals surface area contributed by atoms with Crippen LogP contribution in [0.4, 0.5) is 0 Å². The average molecular weight is 184 g/mol. The topological polar surface area (TPSA) is 26.3 Å². The van der Waals surface area contributed by atoms with Gasteiger partial charge >= 0.3 is 5.97 Å². The smallest absolute Gasteiger partial charge is 0.306 e. The van der Waals surface area contributed by atoms with Gasteiger partial charge in [-0.2, -0.15) is 0 Å². The van der Waals surface area contributed by atoms with Gasteiger partial charge in [0.1, 0.15) is 0 Å². The Morgan fingerprint density at radius 2 is 2.00 bits per heavy atom. The molecule has 1 aliphatic carbocycles. The van der Waals surface area contributed by atoms with Crippen molar-refractivity contribution in [1.29, 1.82) is 0 Å². The molecule has 0 aromatic rings. The fourth-order valence-electron chi connectivity index (χ4n) is 2.19. The fourth-order valence-corrected chi connectivity index (χ4v) is 2.19. The number of hydrogen-bond donors (Lipinski definition) is 0. The first-order valence-corrected chi connectivity index (χ1v) is 5.41. The Hall–Kier alpha value is -0.530. The molecule has 0 spiro atoms. The third-order valence-corrected chi connectivity index (χ3v) is 2.99. The molecule has 0 aliphatic heterocycles. The lowest BCUT2D eigenvalue weighted by Gasteiger charge is -2.08. The fraction of sp³-hybridized carbons (Fsp3) is 0.909. The SMILES string of the molecule is CCOC(=O)CC1CCC(CC)C1. The maximum atomic E-state index is 11.2. The predicted molar refractivity (Wildman–Crippen MR) is 52.4 cm³/mol. The minimum atomic E-state index is -0.00995. The molecule has 1 fully saturated rings. The maximum absolute atomic E-state index is 11.2. The minimum Gasteiger partial charge on any atom is -0.466 e. The van der Waals surface area contributed by atoms with E-state index in [0.717, 1.165) is 5.92 Å². The Morgan fingerprint density at radius 3 is 2.54 bits per heavy atom. The lowest BCUT2D eigenvalue weighted by Crippen LogP contribution is -2.09. The number of hydrogen-bond acceptors (Lipinski definition) is 2. The van der Waals surface area contributed by atoms with Crippen molar-refractivity contribution in [3.8, 4) is 0 Å². The Labute approximate surface area is 80.7 Å². The van der Waals surface area contributed by atoms with Crippen LogP contribution >= 0.6 is 0 Å². The molecule has 1 aliphatic rings. The largest absolute Gasteiger partial charge is 0.466 e. The van der Waals surface area contributed by atoms with E-state index < -0.39 is 0 Å². The molecular weight excluding hydrogens is 164 g/mol. The summed E-state index contributed by atoms with van der Waals surface area (Å²) in [6.07, 6.45) is 5.66. The summed E-state index contributed by atoms with van der Waals surface area (Å²) in [4.78, 5) is 11.2. The molecule has 1 saturated carbocycles. The van der Waals surface area contributed by atoms with Crippen LogP contribution in [0.1, 0.15) is 46.0 Å². The standard InChI is InChI=1S/C11H20O2/c1-3-9-5-6-10(7-9)8-11(12)13-4-2/h9-10H,3-8H2,1-2H3. The summed E-state index contributed by atoms with van der Waals surface area (Å²) >= 11 is 0. The van der Waals surface area contributed by atoms with E-state index >= 15 is 0 Å². The summed E-state index contributed by atoms with van der Waals surface area (Å²) in [5.41, 5.74) is 0. The third-order valence-electron chi connectivity index (χ3n) is 2.99. The monoisotopic (exact) mass is 184 g/mol. The summed E-state index contributed by atoms with van der Waals surface area (Å²) in [7, 11) is 0. The van der Waals surface area contributed by atoms with Crippen LogP contribution in [-0.4, -0.2) is 12.6 Å². The second kappa shape index (κ2) is 5.25. The van der Waals surface area contributed by atoms with Crippen molar-refractivity contribution in [3.63, 3.8) is 0 Å². The van der Waals surface area contributed by atoms with Crippen LogP contribution in [0.2, 0.25) is 0 Å². The van der Waals surface area contributed by atoms with Crippen LogP contribution in [0.5, 0.6) is 0 Å². The van der Waals surface area contributed by atoms with Gasteiger partial charge in [0.25, 0.3) is 0 Å². The van der Waals surface area contributed by atoms with Gasteiger partial charge in [0.2, 0.25) is 0 Å². The van der Waals surface area contributed by atoms with Gasteiger partial charge in [0, 0.05) is 6.42 Å². The number of carbonyl (C=O) groups is 1. The first-order chi connectivity index (χ1) is 6.26. The second-order valence-electron chi connectivity index (χ2n) is 3.96. The third kappa shape index (κ3) is 3.37.